The highest BCUT2D eigenvalue weighted by atomic mass is 79.9. The summed E-state index contributed by atoms with van der Waals surface area (Å²) in [6.07, 6.45) is 1.63. The second-order valence-corrected chi connectivity index (χ2v) is 7.15. The van der Waals surface area contributed by atoms with Gasteiger partial charge in [-0.2, -0.15) is 4.98 Å². The van der Waals surface area contributed by atoms with Crippen LogP contribution in [-0.4, -0.2) is 25.1 Å². The van der Waals surface area contributed by atoms with Crippen molar-refractivity contribution in [2.24, 2.45) is 0 Å². The summed E-state index contributed by atoms with van der Waals surface area (Å²) >= 11 is 3.34. The molecule has 26 heavy (non-hydrogen) atoms. The summed E-state index contributed by atoms with van der Waals surface area (Å²) in [5, 5.41) is 3.91. The first kappa shape index (κ1) is 18.3. The largest absolute Gasteiger partial charge is 0.341 e. The van der Waals surface area contributed by atoms with Crippen molar-refractivity contribution in [2.75, 3.05) is 0 Å². The van der Waals surface area contributed by atoms with Crippen LogP contribution in [0.2, 0.25) is 0 Å². The minimum absolute atomic E-state index is 0.117. The number of aromatic nitrogens is 4. The van der Waals surface area contributed by atoms with E-state index in [1.807, 2.05) is 24.5 Å². The number of carbonyl (C=O) groups is 1. The van der Waals surface area contributed by atoms with E-state index in [2.05, 4.69) is 26.1 Å². The van der Waals surface area contributed by atoms with Crippen LogP contribution < -0.4 is 5.56 Å². The Bertz CT molecular complexity index is 1030. The van der Waals surface area contributed by atoms with Crippen molar-refractivity contribution in [2.45, 2.75) is 40.3 Å². The lowest BCUT2D eigenvalue weighted by molar-refractivity contribution is 0.0932. The third kappa shape index (κ3) is 3.41. The monoisotopic (exact) mass is 418 g/mol. The lowest BCUT2D eigenvalue weighted by Crippen LogP contribution is -2.27. The average molecular weight is 419 g/mol. The maximum atomic E-state index is 13.0. The van der Waals surface area contributed by atoms with Gasteiger partial charge in [0.2, 0.25) is 5.89 Å². The minimum atomic E-state index is -0.610. The highest BCUT2D eigenvalue weighted by Crippen LogP contribution is 2.22. The molecule has 0 amide bonds. The second kappa shape index (κ2) is 7.03. The molecular weight excluding hydrogens is 400 g/mol. The van der Waals surface area contributed by atoms with Gasteiger partial charge in [-0.3, -0.25) is 9.59 Å². The van der Waals surface area contributed by atoms with E-state index in [4.69, 9.17) is 4.52 Å². The Morgan fingerprint density at radius 3 is 2.69 bits per heavy atom. The van der Waals surface area contributed by atoms with Crippen LogP contribution in [0.25, 0.3) is 0 Å². The highest BCUT2D eigenvalue weighted by Gasteiger charge is 2.23. The molecule has 0 saturated carbocycles. The topological polar surface area (TPSA) is 82.9 Å². The molecule has 0 radical (unpaired) electrons. The van der Waals surface area contributed by atoms with Crippen molar-refractivity contribution < 1.29 is 9.32 Å². The van der Waals surface area contributed by atoms with Gasteiger partial charge in [0, 0.05) is 40.6 Å². The molecule has 1 atom stereocenters. The smallest absolute Gasteiger partial charge is 0.251 e. The summed E-state index contributed by atoms with van der Waals surface area (Å²) in [6, 6.07) is 4.33. The van der Waals surface area contributed by atoms with Gasteiger partial charge in [-0.05, 0) is 48.8 Å². The molecule has 7 nitrogen and oxygen atoms in total. The molecule has 3 rings (SSSR count). The average Bonchev–Trinajstić information content (AvgIpc) is 3.13. The van der Waals surface area contributed by atoms with Crippen molar-refractivity contribution in [1.29, 1.82) is 0 Å². The first-order valence-electron chi connectivity index (χ1n) is 8.15. The molecule has 0 aromatic carbocycles. The van der Waals surface area contributed by atoms with Gasteiger partial charge in [-0.15, -0.1) is 0 Å². The first-order chi connectivity index (χ1) is 12.3. The zero-order valence-corrected chi connectivity index (χ0v) is 16.6. The predicted molar refractivity (Wildman–Crippen MR) is 99.5 cm³/mol. The predicted octanol–water partition coefficient (Wildman–Crippen LogP) is 3.21. The highest BCUT2D eigenvalue weighted by molar-refractivity contribution is 9.10. The number of aryl methyl sites for hydroxylation is 2. The lowest BCUT2D eigenvalue weighted by Gasteiger charge is -2.14. The van der Waals surface area contributed by atoms with Crippen molar-refractivity contribution in [3.63, 3.8) is 0 Å². The molecule has 3 aromatic heterocycles. The van der Waals surface area contributed by atoms with Crippen molar-refractivity contribution in [1.82, 2.24) is 19.3 Å². The van der Waals surface area contributed by atoms with E-state index >= 15 is 0 Å². The zero-order chi connectivity index (χ0) is 19.0. The van der Waals surface area contributed by atoms with Crippen LogP contribution in [0.1, 0.15) is 46.4 Å². The minimum Gasteiger partial charge on any atom is -0.341 e. The second-order valence-electron chi connectivity index (χ2n) is 6.23. The fourth-order valence-corrected chi connectivity index (χ4v) is 3.32. The van der Waals surface area contributed by atoms with E-state index in [-0.39, 0.29) is 11.3 Å². The van der Waals surface area contributed by atoms with Gasteiger partial charge < -0.3 is 13.7 Å². The maximum absolute atomic E-state index is 13.0. The van der Waals surface area contributed by atoms with Crippen LogP contribution in [0.15, 0.2) is 38.2 Å². The number of pyridine rings is 1. The summed E-state index contributed by atoms with van der Waals surface area (Å²) in [6.45, 7) is 7.69. The molecule has 0 saturated heterocycles. The molecule has 0 N–H and O–H groups in total. The van der Waals surface area contributed by atoms with Gasteiger partial charge in [-0.1, -0.05) is 5.16 Å². The molecule has 0 spiro atoms. The van der Waals surface area contributed by atoms with Gasteiger partial charge in [-0.25, -0.2) is 0 Å². The number of carbonyl (C=O) groups excluding carboxylic acids is 1. The van der Waals surface area contributed by atoms with E-state index in [1.165, 1.54) is 10.6 Å². The molecule has 3 aromatic rings. The molecule has 0 aliphatic rings. The number of Topliss-reactive ketones (excluding diaryl/α,β-unsaturated/α-hetero) is 1. The lowest BCUT2D eigenvalue weighted by atomic mass is 10.1. The first-order valence-corrected chi connectivity index (χ1v) is 8.95. The Morgan fingerprint density at radius 2 is 2.04 bits per heavy atom. The third-order valence-corrected chi connectivity index (χ3v) is 4.88. The van der Waals surface area contributed by atoms with Gasteiger partial charge in [0.1, 0.15) is 0 Å². The summed E-state index contributed by atoms with van der Waals surface area (Å²) in [4.78, 5) is 29.3. The van der Waals surface area contributed by atoms with Gasteiger partial charge in [0.15, 0.2) is 11.6 Å². The molecule has 136 valence electrons. The molecular formula is C18H19BrN4O3. The Morgan fingerprint density at radius 1 is 1.31 bits per heavy atom. The van der Waals surface area contributed by atoms with Crippen molar-refractivity contribution >= 4 is 21.7 Å². The van der Waals surface area contributed by atoms with Gasteiger partial charge >= 0.3 is 0 Å². The van der Waals surface area contributed by atoms with Gasteiger partial charge in [0.25, 0.3) is 5.56 Å². The number of hydrogen-bond acceptors (Lipinski definition) is 5. The van der Waals surface area contributed by atoms with Crippen LogP contribution in [0.3, 0.4) is 0 Å². The number of rotatable bonds is 5. The number of ketones is 1. The van der Waals surface area contributed by atoms with Crippen molar-refractivity contribution in [3.8, 4) is 0 Å². The van der Waals surface area contributed by atoms with E-state index in [1.54, 1.807) is 26.1 Å². The molecule has 0 aliphatic heterocycles. The van der Waals surface area contributed by atoms with Gasteiger partial charge in [0.05, 0.1) is 12.6 Å². The fourth-order valence-electron chi connectivity index (χ4n) is 2.97. The summed E-state index contributed by atoms with van der Waals surface area (Å²) < 4.78 is 9.15. The molecule has 3 heterocycles. The zero-order valence-electron chi connectivity index (χ0n) is 15.0. The van der Waals surface area contributed by atoms with Crippen LogP contribution in [0.4, 0.5) is 0 Å². The van der Waals surface area contributed by atoms with E-state index < -0.39 is 6.04 Å². The van der Waals surface area contributed by atoms with Crippen LogP contribution in [0, 0.1) is 20.8 Å². The Balaban J connectivity index is 1.94. The quantitative estimate of drug-likeness (QED) is 0.593. The SMILES string of the molecule is Cc1nc(Cn2c(C)cc(C(=O)C(C)n3cc(Br)ccc3=O)c2C)no1. The standard InChI is InChI=1S/C18H19BrN4O3/c1-10-7-15(11(2)22(10)9-16-20-13(4)26-21-16)18(25)12(3)23-8-14(19)5-6-17(23)24/h5-8,12H,9H2,1-4H3. The molecule has 0 aliphatic carbocycles. The van der Waals surface area contributed by atoms with Crippen LogP contribution in [0.5, 0.6) is 0 Å². The Labute approximate surface area is 158 Å². The fraction of sp³-hybridized carbons (Fsp3) is 0.333. The Kier molecular flexibility index (Phi) is 4.95. The number of halogens is 1. The normalized spacial score (nSPS) is 12.3. The molecule has 0 fully saturated rings. The van der Waals surface area contributed by atoms with Crippen LogP contribution >= 0.6 is 15.9 Å². The van der Waals surface area contributed by atoms with E-state index in [0.717, 1.165) is 15.9 Å². The van der Waals surface area contributed by atoms with Crippen molar-refractivity contribution in [3.05, 3.63) is 67.9 Å². The summed E-state index contributed by atoms with van der Waals surface area (Å²) in [5.41, 5.74) is 2.10. The maximum Gasteiger partial charge on any atom is 0.251 e. The molecule has 0 bridgehead atoms. The summed E-state index contributed by atoms with van der Waals surface area (Å²) in [7, 11) is 0. The Hall–Kier alpha value is -2.48. The van der Waals surface area contributed by atoms with E-state index in [0.29, 0.717) is 23.8 Å². The third-order valence-electron chi connectivity index (χ3n) is 4.41. The summed E-state index contributed by atoms with van der Waals surface area (Å²) in [5.74, 6) is 0.940. The van der Waals surface area contributed by atoms with Crippen LogP contribution in [-0.2, 0) is 6.54 Å². The van der Waals surface area contributed by atoms with E-state index in [9.17, 15) is 9.59 Å². The molecule has 8 heteroatoms. The molecule has 1 unspecified atom stereocenters. The number of hydrogen-bond donors (Lipinski definition) is 0. The number of nitrogens with zero attached hydrogens (tertiary/aromatic N) is 4.